The van der Waals surface area contributed by atoms with Crippen LogP contribution in [0.5, 0.6) is 0 Å². The van der Waals surface area contributed by atoms with Gasteiger partial charge in [-0.1, -0.05) is 19.1 Å². The van der Waals surface area contributed by atoms with Crippen LogP contribution in [0.25, 0.3) is 0 Å². The zero-order valence-electron chi connectivity index (χ0n) is 6.26. The van der Waals surface area contributed by atoms with E-state index in [0.29, 0.717) is 0 Å². The molecule has 0 aromatic heterocycles. The molecule has 0 spiro atoms. The van der Waals surface area contributed by atoms with Gasteiger partial charge < -0.3 is 11.5 Å². The molecule has 3 heteroatoms. The summed E-state index contributed by atoms with van der Waals surface area (Å²) in [6.07, 6.45) is 4.20. The molecule has 0 bridgehead atoms. The van der Waals surface area contributed by atoms with Gasteiger partial charge in [-0.3, -0.25) is 0 Å². The zero-order valence-corrected chi connectivity index (χ0v) is 6.26. The third kappa shape index (κ3) is 4.47. The second kappa shape index (κ2) is 5.38. The summed E-state index contributed by atoms with van der Waals surface area (Å²) in [6, 6.07) is -0.477. The van der Waals surface area contributed by atoms with E-state index < -0.39 is 12.7 Å². The maximum atomic E-state index is 11.7. The van der Waals surface area contributed by atoms with Gasteiger partial charge in [0, 0.05) is 6.04 Å². The summed E-state index contributed by atoms with van der Waals surface area (Å²) in [6.45, 7) is 1.45. The first-order valence-electron chi connectivity index (χ1n) is 3.46. The predicted molar refractivity (Wildman–Crippen MR) is 41.4 cm³/mol. The minimum atomic E-state index is -0.521. The lowest BCUT2D eigenvalue weighted by Gasteiger charge is -2.02. The number of hydrogen-bond acceptors (Lipinski definition) is 2. The molecule has 0 aliphatic rings. The van der Waals surface area contributed by atoms with Crippen LogP contribution in [0, 0.1) is 0 Å². The van der Waals surface area contributed by atoms with Crippen molar-refractivity contribution in [2.75, 3.05) is 6.67 Å². The van der Waals surface area contributed by atoms with Gasteiger partial charge in [0.15, 0.2) is 0 Å². The summed E-state index contributed by atoms with van der Waals surface area (Å²) < 4.78 is 11.7. The molecule has 2 unspecified atom stereocenters. The molecule has 60 valence electrons. The van der Waals surface area contributed by atoms with Crippen LogP contribution in [-0.2, 0) is 0 Å². The summed E-state index contributed by atoms with van der Waals surface area (Å²) in [4.78, 5) is 0. The van der Waals surface area contributed by atoms with Crippen molar-refractivity contribution < 1.29 is 4.39 Å². The van der Waals surface area contributed by atoms with Gasteiger partial charge in [0.25, 0.3) is 0 Å². The van der Waals surface area contributed by atoms with E-state index in [2.05, 4.69) is 0 Å². The second-order valence-corrected chi connectivity index (χ2v) is 2.28. The highest BCUT2D eigenvalue weighted by Crippen LogP contribution is 1.90. The monoisotopic (exact) mass is 146 g/mol. The van der Waals surface area contributed by atoms with Gasteiger partial charge in [-0.2, -0.15) is 0 Å². The molecule has 2 atom stereocenters. The van der Waals surface area contributed by atoms with E-state index in [4.69, 9.17) is 11.5 Å². The van der Waals surface area contributed by atoms with Crippen LogP contribution in [0.3, 0.4) is 0 Å². The van der Waals surface area contributed by atoms with Crippen molar-refractivity contribution in [1.82, 2.24) is 0 Å². The van der Waals surface area contributed by atoms with Crippen LogP contribution in [0.4, 0.5) is 4.39 Å². The topological polar surface area (TPSA) is 52.0 Å². The van der Waals surface area contributed by atoms with E-state index in [0.717, 1.165) is 6.42 Å². The predicted octanol–water partition coefficient (Wildman–Crippen LogP) is 0.577. The third-order valence-electron chi connectivity index (χ3n) is 1.26. The highest BCUT2D eigenvalue weighted by molar-refractivity contribution is 4.96. The first kappa shape index (κ1) is 9.59. The first-order valence-corrected chi connectivity index (χ1v) is 3.46. The molecule has 0 aliphatic heterocycles. The quantitative estimate of drug-likeness (QED) is 0.570. The molecule has 0 aromatic carbocycles. The Morgan fingerprint density at radius 1 is 1.30 bits per heavy atom. The Kier molecular flexibility index (Phi) is 5.16. The molecule has 4 N–H and O–H groups in total. The van der Waals surface area contributed by atoms with Crippen molar-refractivity contribution in [3.05, 3.63) is 12.2 Å². The van der Waals surface area contributed by atoms with Crippen LogP contribution in [-0.4, -0.2) is 18.8 Å². The Labute approximate surface area is 61.1 Å². The van der Waals surface area contributed by atoms with Crippen LogP contribution in [0.2, 0.25) is 0 Å². The minimum Gasteiger partial charge on any atom is -0.324 e. The standard InChI is InChI=1S/C7H15FN2/c1-2-6(9)3-4-7(10)5-8/h3-4,6-7H,2,5,9-10H2,1H3/b4-3+. The Hall–Kier alpha value is -0.410. The minimum absolute atomic E-state index is 0.0117. The smallest absolute Gasteiger partial charge is 0.108 e. The molecule has 2 nitrogen and oxygen atoms in total. The van der Waals surface area contributed by atoms with Gasteiger partial charge in [0.1, 0.15) is 6.67 Å². The molecule has 0 heterocycles. The SMILES string of the molecule is CCC(N)/C=C/C(N)CF. The van der Waals surface area contributed by atoms with Crippen molar-refractivity contribution in [1.29, 1.82) is 0 Å². The van der Waals surface area contributed by atoms with Crippen molar-refractivity contribution in [3.63, 3.8) is 0 Å². The highest BCUT2D eigenvalue weighted by atomic mass is 19.1. The Morgan fingerprint density at radius 3 is 2.20 bits per heavy atom. The van der Waals surface area contributed by atoms with Gasteiger partial charge in [-0.15, -0.1) is 0 Å². The fourth-order valence-corrected chi connectivity index (χ4v) is 0.473. The maximum Gasteiger partial charge on any atom is 0.108 e. The number of hydrogen-bond donors (Lipinski definition) is 2. The Bertz CT molecular complexity index is 91.8. The summed E-state index contributed by atoms with van der Waals surface area (Å²) in [5.41, 5.74) is 10.8. The average Bonchev–Trinajstić information content (AvgIpc) is 1.99. The molecule has 0 aromatic rings. The van der Waals surface area contributed by atoms with E-state index in [1.807, 2.05) is 6.92 Å². The van der Waals surface area contributed by atoms with E-state index in [-0.39, 0.29) is 6.04 Å². The second-order valence-electron chi connectivity index (χ2n) is 2.28. The van der Waals surface area contributed by atoms with E-state index in [1.54, 1.807) is 12.2 Å². The fourth-order valence-electron chi connectivity index (χ4n) is 0.473. The molecule has 0 fully saturated rings. The molecule has 0 radical (unpaired) electrons. The summed E-state index contributed by atoms with van der Waals surface area (Å²) in [5, 5.41) is 0. The maximum absolute atomic E-state index is 11.7. The molecule has 0 rings (SSSR count). The van der Waals surface area contributed by atoms with Crippen molar-refractivity contribution in [2.45, 2.75) is 25.4 Å². The van der Waals surface area contributed by atoms with Gasteiger partial charge >= 0.3 is 0 Å². The Balaban J connectivity index is 3.52. The van der Waals surface area contributed by atoms with Gasteiger partial charge in [0.2, 0.25) is 0 Å². The summed E-state index contributed by atoms with van der Waals surface area (Å²) >= 11 is 0. The van der Waals surface area contributed by atoms with E-state index in [9.17, 15) is 4.39 Å². The molecule has 0 aliphatic carbocycles. The lowest BCUT2D eigenvalue weighted by atomic mass is 10.2. The van der Waals surface area contributed by atoms with Gasteiger partial charge in [0.05, 0.1) is 6.04 Å². The van der Waals surface area contributed by atoms with Crippen LogP contribution in [0.1, 0.15) is 13.3 Å². The number of rotatable bonds is 4. The normalized spacial score (nSPS) is 17.6. The summed E-state index contributed by atoms with van der Waals surface area (Å²) in [5.74, 6) is 0. The number of alkyl halides is 1. The zero-order chi connectivity index (χ0) is 7.98. The van der Waals surface area contributed by atoms with Crippen molar-refractivity contribution in [2.24, 2.45) is 11.5 Å². The third-order valence-corrected chi connectivity index (χ3v) is 1.26. The summed E-state index contributed by atoms with van der Waals surface area (Å²) in [7, 11) is 0. The fraction of sp³-hybridized carbons (Fsp3) is 0.714. The Morgan fingerprint density at radius 2 is 1.80 bits per heavy atom. The molecule has 0 saturated carbocycles. The highest BCUT2D eigenvalue weighted by Gasteiger charge is 1.95. The van der Waals surface area contributed by atoms with Gasteiger partial charge in [-0.25, -0.2) is 4.39 Å². The van der Waals surface area contributed by atoms with Crippen LogP contribution < -0.4 is 11.5 Å². The van der Waals surface area contributed by atoms with Gasteiger partial charge in [-0.05, 0) is 6.42 Å². The van der Waals surface area contributed by atoms with E-state index >= 15 is 0 Å². The van der Waals surface area contributed by atoms with Crippen LogP contribution >= 0.6 is 0 Å². The molecular formula is C7H15FN2. The average molecular weight is 146 g/mol. The largest absolute Gasteiger partial charge is 0.324 e. The molecule has 0 saturated heterocycles. The van der Waals surface area contributed by atoms with Crippen molar-refractivity contribution >= 4 is 0 Å². The lowest BCUT2D eigenvalue weighted by Crippen LogP contribution is -2.21. The molecule has 0 amide bonds. The van der Waals surface area contributed by atoms with Crippen LogP contribution in [0.15, 0.2) is 12.2 Å². The number of nitrogens with two attached hydrogens (primary N) is 2. The first-order chi connectivity index (χ1) is 4.70. The van der Waals surface area contributed by atoms with E-state index in [1.165, 1.54) is 0 Å². The molecule has 10 heavy (non-hydrogen) atoms. The van der Waals surface area contributed by atoms with Crippen molar-refractivity contribution in [3.8, 4) is 0 Å². The molecular weight excluding hydrogens is 131 g/mol. The number of halogens is 1. The lowest BCUT2D eigenvalue weighted by molar-refractivity contribution is 0.464.